The Bertz CT molecular complexity index is 516. The molecule has 0 saturated carbocycles. The predicted octanol–water partition coefficient (Wildman–Crippen LogP) is 4.56. The Morgan fingerprint density at radius 1 is 1.40 bits per heavy atom. The van der Waals surface area contributed by atoms with Crippen LogP contribution < -0.4 is 4.90 Å². The molecule has 0 saturated heterocycles. The van der Waals surface area contributed by atoms with Crippen molar-refractivity contribution in [2.24, 2.45) is 5.92 Å². The molecule has 1 unspecified atom stereocenters. The topological polar surface area (TPSA) is 20.3 Å². The minimum atomic E-state index is 0.171. The first-order valence-corrected chi connectivity index (χ1v) is 7.63. The second kappa shape index (κ2) is 5.23. The molecule has 2 nitrogen and oxygen atoms in total. The predicted molar refractivity (Wildman–Crippen MR) is 85.9 cm³/mol. The SMILES string of the molecule is Cc1cc(C=O)cc2c1N(CC(C)C)C(C)(C)CC2C. The van der Waals surface area contributed by atoms with Crippen molar-refractivity contribution in [1.82, 2.24) is 0 Å². The van der Waals surface area contributed by atoms with E-state index in [0.717, 1.165) is 24.8 Å². The molecule has 20 heavy (non-hydrogen) atoms. The number of carbonyl (C=O) groups is 1. The highest BCUT2D eigenvalue weighted by Crippen LogP contribution is 2.45. The van der Waals surface area contributed by atoms with Gasteiger partial charge in [-0.15, -0.1) is 0 Å². The first-order valence-electron chi connectivity index (χ1n) is 7.63. The van der Waals surface area contributed by atoms with Gasteiger partial charge in [0.1, 0.15) is 6.29 Å². The van der Waals surface area contributed by atoms with Gasteiger partial charge in [-0.3, -0.25) is 4.79 Å². The molecule has 0 N–H and O–H groups in total. The van der Waals surface area contributed by atoms with Gasteiger partial charge in [0.05, 0.1) is 0 Å². The summed E-state index contributed by atoms with van der Waals surface area (Å²) in [6.45, 7) is 14.7. The third-order valence-corrected chi connectivity index (χ3v) is 4.37. The minimum absolute atomic E-state index is 0.171. The first-order chi connectivity index (χ1) is 9.26. The van der Waals surface area contributed by atoms with Crippen molar-refractivity contribution in [1.29, 1.82) is 0 Å². The maximum atomic E-state index is 11.1. The molecule has 0 fully saturated rings. The highest BCUT2D eigenvalue weighted by molar-refractivity contribution is 5.79. The molecule has 0 radical (unpaired) electrons. The summed E-state index contributed by atoms with van der Waals surface area (Å²) in [4.78, 5) is 13.7. The third-order valence-electron chi connectivity index (χ3n) is 4.37. The number of rotatable bonds is 3. The second-order valence-electron chi connectivity index (χ2n) is 7.32. The molecule has 1 aliphatic heterocycles. The first kappa shape index (κ1) is 15.1. The quantitative estimate of drug-likeness (QED) is 0.753. The molecule has 1 aromatic carbocycles. The summed E-state index contributed by atoms with van der Waals surface area (Å²) in [7, 11) is 0. The summed E-state index contributed by atoms with van der Waals surface area (Å²) in [5.41, 5.74) is 4.90. The standard InChI is InChI=1S/C18H27NO/c1-12(2)10-19-17-13(3)7-15(11-20)8-16(17)14(4)9-18(19,5)6/h7-8,11-12,14H,9-10H2,1-6H3. The van der Waals surface area contributed by atoms with Gasteiger partial charge < -0.3 is 4.90 Å². The molecule has 2 heteroatoms. The summed E-state index contributed by atoms with van der Waals surface area (Å²) in [5.74, 6) is 1.13. The van der Waals surface area contributed by atoms with Crippen LogP contribution in [0.25, 0.3) is 0 Å². The number of hydrogen-bond acceptors (Lipinski definition) is 2. The third kappa shape index (κ3) is 2.61. The molecule has 0 spiro atoms. The zero-order valence-corrected chi connectivity index (χ0v) is 13.7. The molecule has 1 aromatic rings. The molecular formula is C18H27NO. The van der Waals surface area contributed by atoms with Gasteiger partial charge in [0.2, 0.25) is 0 Å². The van der Waals surface area contributed by atoms with Gasteiger partial charge in [-0.1, -0.05) is 20.8 Å². The lowest BCUT2D eigenvalue weighted by Crippen LogP contribution is -2.50. The highest BCUT2D eigenvalue weighted by Gasteiger charge is 2.37. The second-order valence-corrected chi connectivity index (χ2v) is 7.32. The summed E-state index contributed by atoms with van der Waals surface area (Å²) >= 11 is 0. The Morgan fingerprint density at radius 3 is 2.60 bits per heavy atom. The molecule has 0 aliphatic carbocycles. The average Bonchev–Trinajstić information content (AvgIpc) is 2.33. The van der Waals surface area contributed by atoms with Crippen molar-refractivity contribution >= 4 is 12.0 Å². The fraction of sp³-hybridized carbons (Fsp3) is 0.611. The van der Waals surface area contributed by atoms with Gasteiger partial charge in [-0.25, -0.2) is 0 Å². The number of carbonyl (C=O) groups excluding carboxylic acids is 1. The highest BCUT2D eigenvalue weighted by atomic mass is 16.1. The van der Waals surface area contributed by atoms with Gasteiger partial charge in [-0.2, -0.15) is 0 Å². The van der Waals surface area contributed by atoms with Crippen molar-refractivity contribution in [2.75, 3.05) is 11.4 Å². The fourth-order valence-electron chi connectivity index (χ4n) is 3.62. The lowest BCUT2D eigenvalue weighted by Gasteiger charge is -2.49. The summed E-state index contributed by atoms with van der Waals surface area (Å²) in [6, 6.07) is 4.11. The van der Waals surface area contributed by atoms with Crippen LogP contribution in [0.5, 0.6) is 0 Å². The number of fused-ring (bicyclic) bond motifs is 1. The Hall–Kier alpha value is -1.31. The largest absolute Gasteiger partial charge is 0.366 e. The van der Waals surface area contributed by atoms with E-state index in [0.29, 0.717) is 11.8 Å². The fourth-order valence-corrected chi connectivity index (χ4v) is 3.62. The van der Waals surface area contributed by atoms with Crippen molar-refractivity contribution in [3.63, 3.8) is 0 Å². The van der Waals surface area contributed by atoms with Gasteiger partial charge in [0.25, 0.3) is 0 Å². The van der Waals surface area contributed by atoms with Gasteiger partial charge in [0, 0.05) is 23.3 Å². The van der Waals surface area contributed by atoms with E-state index in [1.807, 2.05) is 6.07 Å². The summed E-state index contributed by atoms with van der Waals surface area (Å²) < 4.78 is 0. The van der Waals surface area contributed by atoms with Gasteiger partial charge >= 0.3 is 0 Å². The van der Waals surface area contributed by atoms with E-state index in [2.05, 4.69) is 52.5 Å². The molecule has 110 valence electrons. The molecule has 0 amide bonds. The maximum absolute atomic E-state index is 11.1. The average molecular weight is 273 g/mol. The van der Waals surface area contributed by atoms with E-state index in [-0.39, 0.29) is 5.54 Å². The van der Waals surface area contributed by atoms with Crippen LogP contribution in [0.2, 0.25) is 0 Å². The summed E-state index contributed by atoms with van der Waals surface area (Å²) in [5, 5.41) is 0. The Kier molecular flexibility index (Phi) is 3.95. The molecular weight excluding hydrogens is 246 g/mol. The number of aryl methyl sites for hydroxylation is 1. The van der Waals surface area contributed by atoms with Crippen LogP contribution in [0.4, 0.5) is 5.69 Å². The van der Waals surface area contributed by atoms with Crippen molar-refractivity contribution < 1.29 is 4.79 Å². The van der Waals surface area contributed by atoms with Crippen LogP contribution in [0.3, 0.4) is 0 Å². The Morgan fingerprint density at radius 2 is 2.05 bits per heavy atom. The van der Waals surface area contributed by atoms with E-state index in [1.165, 1.54) is 16.8 Å². The van der Waals surface area contributed by atoms with Crippen LogP contribution in [0.15, 0.2) is 12.1 Å². The van der Waals surface area contributed by atoms with Crippen LogP contribution in [-0.4, -0.2) is 18.4 Å². The van der Waals surface area contributed by atoms with Crippen molar-refractivity contribution in [3.05, 3.63) is 28.8 Å². The van der Waals surface area contributed by atoms with Crippen LogP contribution in [0, 0.1) is 12.8 Å². The van der Waals surface area contributed by atoms with E-state index in [4.69, 9.17) is 0 Å². The van der Waals surface area contributed by atoms with Crippen LogP contribution >= 0.6 is 0 Å². The van der Waals surface area contributed by atoms with Crippen LogP contribution in [0.1, 0.15) is 68.4 Å². The molecule has 2 rings (SSSR count). The van der Waals surface area contributed by atoms with Crippen molar-refractivity contribution in [2.45, 2.75) is 59.4 Å². The van der Waals surface area contributed by atoms with E-state index in [9.17, 15) is 4.79 Å². The van der Waals surface area contributed by atoms with Crippen molar-refractivity contribution in [3.8, 4) is 0 Å². The normalized spacial score (nSPS) is 20.9. The van der Waals surface area contributed by atoms with E-state index >= 15 is 0 Å². The van der Waals surface area contributed by atoms with Gasteiger partial charge in [-0.05, 0) is 62.3 Å². The molecule has 0 bridgehead atoms. The van der Waals surface area contributed by atoms with E-state index < -0.39 is 0 Å². The lowest BCUT2D eigenvalue weighted by molar-refractivity contribution is 0.112. The summed E-state index contributed by atoms with van der Waals surface area (Å²) in [6.07, 6.45) is 2.10. The zero-order valence-electron chi connectivity index (χ0n) is 13.7. The molecule has 1 atom stereocenters. The van der Waals surface area contributed by atoms with E-state index in [1.54, 1.807) is 0 Å². The zero-order chi connectivity index (χ0) is 15.1. The lowest BCUT2D eigenvalue weighted by atomic mass is 9.78. The number of nitrogens with zero attached hydrogens (tertiary/aromatic N) is 1. The van der Waals surface area contributed by atoms with Crippen LogP contribution in [-0.2, 0) is 0 Å². The molecule has 1 heterocycles. The number of anilines is 1. The number of aldehydes is 1. The molecule has 0 aromatic heterocycles. The Balaban J connectivity index is 2.60. The maximum Gasteiger partial charge on any atom is 0.150 e. The monoisotopic (exact) mass is 273 g/mol. The number of hydrogen-bond donors (Lipinski definition) is 0. The van der Waals surface area contributed by atoms with Gasteiger partial charge in [0.15, 0.2) is 0 Å². The minimum Gasteiger partial charge on any atom is -0.366 e. The Labute approximate surface area is 123 Å². The number of benzene rings is 1. The smallest absolute Gasteiger partial charge is 0.150 e. The molecule has 1 aliphatic rings.